The number of furan rings is 1. The van der Waals surface area contributed by atoms with Crippen LogP contribution in [0.25, 0.3) is 11.7 Å². The Morgan fingerprint density at radius 1 is 1.25 bits per heavy atom. The van der Waals surface area contributed by atoms with Crippen molar-refractivity contribution in [2.24, 2.45) is 0 Å². The standard InChI is InChI=1S/C17H16N4O3/c22-16(13-8-11-4-1-2-5-12(11)9-18-13)19-10-15-20-17(24-21-15)14-6-3-7-23-14/h1-7,13,18H,8-10H2,(H,19,22)/t13-/m1/s1. The molecule has 4 rings (SSSR count). The van der Waals surface area contributed by atoms with Crippen LogP contribution in [0.1, 0.15) is 17.0 Å². The zero-order valence-electron chi connectivity index (χ0n) is 12.9. The normalized spacial score (nSPS) is 16.6. The summed E-state index contributed by atoms with van der Waals surface area (Å²) in [7, 11) is 0. The molecule has 1 amide bonds. The molecule has 0 spiro atoms. The van der Waals surface area contributed by atoms with E-state index in [9.17, 15) is 4.79 Å². The van der Waals surface area contributed by atoms with E-state index < -0.39 is 0 Å². The van der Waals surface area contributed by atoms with Crippen LogP contribution in [-0.2, 0) is 24.3 Å². The Kier molecular flexibility index (Phi) is 3.84. The van der Waals surface area contributed by atoms with Crippen LogP contribution >= 0.6 is 0 Å². The quantitative estimate of drug-likeness (QED) is 0.758. The van der Waals surface area contributed by atoms with Gasteiger partial charge in [-0.3, -0.25) is 4.79 Å². The summed E-state index contributed by atoms with van der Waals surface area (Å²) in [6.45, 7) is 0.905. The van der Waals surface area contributed by atoms with Crippen LogP contribution in [0.5, 0.6) is 0 Å². The summed E-state index contributed by atoms with van der Waals surface area (Å²) in [6.07, 6.45) is 2.21. The minimum absolute atomic E-state index is 0.0751. The van der Waals surface area contributed by atoms with Crippen molar-refractivity contribution in [3.63, 3.8) is 0 Å². The van der Waals surface area contributed by atoms with Crippen molar-refractivity contribution in [1.82, 2.24) is 20.8 Å². The zero-order valence-corrected chi connectivity index (χ0v) is 12.9. The Morgan fingerprint density at radius 3 is 2.96 bits per heavy atom. The molecule has 0 radical (unpaired) electrons. The molecule has 2 aromatic heterocycles. The number of hydrogen-bond donors (Lipinski definition) is 2. The van der Waals surface area contributed by atoms with Gasteiger partial charge in [-0.25, -0.2) is 0 Å². The maximum Gasteiger partial charge on any atom is 0.293 e. The molecule has 3 aromatic rings. The van der Waals surface area contributed by atoms with Gasteiger partial charge in [0.2, 0.25) is 5.91 Å². The summed E-state index contributed by atoms with van der Waals surface area (Å²) in [5.74, 6) is 1.14. The number of carbonyl (C=O) groups excluding carboxylic acids is 1. The molecule has 7 heteroatoms. The van der Waals surface area contributed by atoms with Gasteiger partial charge in [0.1, 0.15) is 0 Å². The minimum atomic E-state index is -0.253. The van der Waals surface area contributed by atoms with Crippen molar-refractivity contribution < 1.29 is 13.7 Å². The van der Waals surface area contributed by atoms with Crippen LogP contribution in [0, 0.1) is 0 Å². The molecule has 0 saturated carbocycles. The van der Waals surface area contributed by atoms with Crippen molar-refractivity contribution in [1.29, 1.82) is 0 Å². The highest BCUT2D eigenvalue weighted by molar-refractivity contribution is 5.82. The first kappa shape index (κ1) is 14.6. The Hall–Kier alpha value is -2.93. The van der Waals surface area contributed by atoms with Gasteiger partial charge in [-0.2, -0.15) is 4.98 Å². The molecule has 24 heavy (non-hydrogen) atoms. The van der Waals surface area contributed by atoms with Gasteiger partial charge >= 0.3 is 0 Å². The maximum atomic E-state index is 12.3. The van der Waals surface area contributed by atoms with E-state index in [-0.39, 0.29) is 18.5 Å². The van der Waals surface area contributed by atoms with Crippen LogP contribution in [0.2, 0.25) is 0 Å². The Labute approximate surface area is 138 Å². The molecule has 0 aliphatic carbocycles. The van der Waals surface area contributed by atoms with E-state index in [1.54, 1.807) is 12.1 Å². The summed E-state index contributed by atoms with van der Waals surface area (Å²) in [4.78, 5) is 16.5. The van der Waals surface area contributed by atoms with Gasteiger partial charge in [-0.1, -0.05) is 29.4 Å². The molecule has 1 atom stereocenters. The number of benzene rings is 1. The third kappa shape index (κ3) is 2.93. The van der Waals surface area contributed by atoms with Gasteiger partial charge in [0.25, 0.3) is 5.89 Å². The van der Waals surface area contributed by atoms with E-state index in [1.807, 2.05) is 12.1 Å². The Balaban J connectivity index is 1.36. The summed E-state index contributed by atoms with van der Waals surface area (Å²) in [5, 5.41) is 9.93. The topological polar surface area (TPSA) is 93.2 Å². The number of hydrogen-bond acceptors (Lipinski definition) is 6. The first-order valence-corrected chi connectivity index (χ1v) is 7.74. The Morgan fingerprint density at radius 2 is 2.12 bits per heavy atom. The van der Waals surface area contributed by atoms with E-state index in [4.69, 9.17) is 8.94 Å². The molecular formula is C17H16N4O3. The van der Waals surface area contributed by atoms with Gasteiger partial charge in [0.15, 0.2) is 11.6 Å². The molecule has 0 fully saturated rings. The molecule has 1 aliphatic rings. The lowest BCUT2D eigenvalue weighted by atomic mass is 9.95. The number of fused-ring (bicyclic) bond motifs is 1. The summed E-state index contributed by atoms with van der Waals surface area (Å²) in [5.41, 5.74) is 2.44. The summed E-state index contributed by atoms with van der Waals surface area (Å²) < 4.78 is 10.3. The minimum Gasteiger partial charge on any atom is -0.459 e. The van der Waals surface area contributed by atoms with Crippen LogP contribution in [0.3, 0.4) is 0 Å². The second-order valence-corrected chi connectivity index (χ2v) is 5.62. The van der Waals surface area contributed by atoms with Crippen LogP contribution in [-0.4, -0.2) is 22.1 Å². The smallest absolute Gasteiger partial charge is 0.293 e. The number of nitrogens with one attached hydrogen (secondary N) is 2. The molecule has 0 saturated heterocycles. The van der Waals surface area contributed by atoms with Gasteiger partial charge < -0.3 is 19.6 Å². The molecule has 1 aromatic carbocycles. The third-order valence-electron chi connectivity index (χ3n) is 4.02. The van der Waals surface area contributed by atoms with E-state index in [0.29, 0.717) is 30.4 Å². The second-order valence-electron chi connectivity index (χ2n) is 5.62. The second kappa shape index (κ2) is 6.29. The first-order valence-electron chi connectivity index (χ1n) is 7.74. The third-order valence-corrected chi connectivity index (χ3v) is 4.02. The van der Waals surface area contributed by atoms with E-state index in [1.165, 1.54) is 17.4 Å². The molecule has 7 nitrogen and oxygen atoms in total. The fraction of sp³-hybridized carbons (Fsp3) is 0.235. The fourth-order valence-corrected chi connectivity index (χ4v) is 2.76. The lowest BCUT2D eigenvalue weighted by Gasteiger charge is -2.25. The number of amides is 1. The molecule has 3 heterocycles. The molecule has 2 N–H and O–H groups in total. The van der Waals surface area contributed by atoms with Crippen molar-refractivity contribution in [3.05, 3.63) is 59.6 Å². The van der Waals surface area contributed by atoms with Gasteiger partial charge in [-0.05, 0) is 29.7 Å². The molecule has 1 aliphatic heterocycles. The molecule has 122 valence electrons. The predicted molar refractivity (Wildman–Crippen MR) is 84.6 cm³/mol. The van der Waals surface area contributed by atoms with Crippen molar-refractivity contribution in [2.75, 3.05) is 0 Å². The largest absolute Gasteiger partial charge is 0.459 e. The van der Waals surface area contributed by atoms with E-state index in [0.717, 1.165) is 0 Å². The zero-order chi connectivity index (χ0) is 16.4. The molecule has 0 unspecified atom stereocenters. The van der Waals surface area contributed by atoms with Crippen LogP contribution < -0.4 is 10.6 Å². The average molecular weight is 324 g/mol. The van der Waals surface area contributed by atoms with Crippen molar-refractivity contribution in [2.45, 2.75) is 25.6 Å². The monoisotopic (exact) mass is 324 g/mol. The number of nitrogens with zero attached hydrogens (tertiary/aromatic N) is 2. The van der Waals surface area contributed by atoms with Gasteiger partial charge in [-0.15, -0.1) is 0 Å². The Bertz CT molecular complexity index is 841. The highest BCUT2D eigenvalue weighted by Gasteiger charge is 2.24. The highest BCUT2D eigenvalue weighted by Crippen LogP contribution is 2.18. The molecular weight excluding hydrogens is 308 g/mol. The number of rotatable bonds is 4. The lowest BCUT2D eigenvalue weighted by molar-refractivity contribution is -0.123. The first-order chi connectivity index (χ1) is 11.8. The highest BCUT2D eigenvalue weighted by atomic mass is 16.5. The van der Waals surface area contributed by atoms with E-state index >= 15 is 0 Å². The lowest BCUT2D eigenvalue weighted by Crippen LogP contribution is -2.47. The number of carbonyl (C=O) groups is 1. The van der Waals surface area contributed by atoms with E-state index in [2.05, 4.69) is 32.9 Å². The summed E-state index contributed by atoms with van der Waals surface area (Å²) >= 11 is 0. The van der Waals surface area contributed by atoms with Gasteiger partial charge in [0.05, 0.1) is 18.8 Å². The SMILES string of the molecule is O=C(NCc1noc(-c2ccco2)n1)[C@H]1Cc2ccccc2CN1. The predicted octanol–water partition coefficient (Wildman–Crippen LogP) is 1.66. The molecule has 0 bridgehead atoms. The van der Waals surface area contributed by atoms with Gasteiger partial charge in [0, 0.05) is 6.54 Å². The van der Waals surface area contributed by atoms with Crippen molar-refractivity contribution in [3.8, 4) is 11.7 Å². The summed E-state index contributed by atoms with van der Waals surface area (Å²) in [6, 6.07) is 11.4. The van der Waals surface area contributed by atoms with Crippen LogP contribution in [0.4, 0.5) is 0 Å². The van der Waals surface area contributed by atoms with Crippen molar-refractivity contribution >= 4 is 5.91 Å². The van der Waals surface area contributed by atoms with Crippen LogP contribution in [0.15, 0.2) is 51.6 Å². The number of aromatic nitrogens is 2. The fourth-order valence-electron chi connectivity index (χ4n) is 2.76. The average Bonchev–Trinajstić information content (AvgIpc) is 3.30. The maximum absolute atomic E-state index is 12.3.